The van der Waals surface area contributed by atoms with Gasteiger partial charge in [-0.1, -0.05) is 24.3 Å². The standard InChI is InChI=1S/C16H26N4O/c1-13-11-19(2)8-3-9-20(13)12-15-6-4-14(5-7-15)10-16(21)18-17/h4-7,13H,3,8-12,17H2,1-2H3,(H,18,21). The minimum absolute atomic E-state index is 0.160. The third-order valence-electron chi connectivity index (χ3n) is 4.12. The Hall–Kier alpha value is -1.43. The second-order valence-electron chi connectivity index (χ2n) is 6.00. The maximum atomic E-state index is 11.2. The van der Waals surface area contributed by atoms with E-state index in [0.29, 0.717) is 12.5 Å². The first-order valence-corrected chi connectivity index (χ1v) is 7.58. The van der Waals surface area contributed by atoms with Crippen molar-refractivity contribution in [3.8, 4) is 0 Å². The molecule has 3 N–H and O–H groups in total. The van der Waals surface area contributed by atoms with Crippen LogP contribution in [0.5, 0.6) is 0 Å². The van der Waals surface area contributed by atoms with Gasteiger partial charge >= 0.3 is 0 Å². The first-order valence-electron chi connectivity index (χ1n) is 7.58. The number of carbonyl (C=O) groups excluding carboxylic acids is 1. The predicted molar refractivity (Wildman–Crippen MR) is 84.5 cm³/mol. The molecule has 0 radical (unpaired) electrons. The summed E-state index contributed by atoms with van der Waals surface area (Å²) in [6, 6.07) is 8.82. The van der Waals surface area contributed by atoms with Crippen LogP contribution in [0.4, 0.5) is 0 Å². The molecule has 2 rings (SSSR count). The van der Waals surface area contributed by atoms with E-state index in [-0.39, 0.29) is 5.91 Å². The van der Waals surface area contributed by atoms with Gasteiger partial charge in [0.2, 0.25) is 5.91 Å². The van der Waals surface area contributed by atoms with E-state index in [1.165, 1.54) is 18.5 Å². The van der Waals surface area contributed by atoms with E-state index in [9.17, 15) is 4.79 Å². The van der Waals surface area contributed by atoms with Gasteiger partial charge < -0.3 is 4.90 Å². The van der Waals surface area contributed by atoms with E-state index in [4.69, 9.17) is 5.84 Å². The van der Waals surface area contributed by atoms with Crippen molar-refractivity contribution in [1.82, 2.24) is 15.2 Å². The zero-order chi connectivity index (χ0) is 15.2. The zero-order valence-electron chi connectivity index (χ0n) is 13.0. The molecule has 21 heavy (non-hydrogen) atoms. The average molecular weight is 290 g/mol. The van der Waals surface area contributed by atoms with Crippen LogP contribution in [0, 0.1) is 0 Å². The molecule has 5 nitrogen and oxygen atoms in total. The Balaban J connectivity index is 1.94. The number of hydrogen-bond acceptors (Lipinski definition) is 4. The van der Waals surface area contributed by atoms with Gasteiger partial charge in [-0.3, -0.25) is 15.1 Å². The van der Waals surface area contributed by atoms with Crippen LogP contribution < -0.4 is 11.3 Å². The Bertz CT molecular complexity index is 460. The number of rotatable bonds is 4. The average Bonchev–Trinajstić information content (AvgIpc) is 2.62. The van der Waals surface area contributed by atoms with Crippen molar-refractivity contribution in [3.63, 3.8) is 0 Å². The number of hydrogen-bond donors (Lipinski definition) is 2. The third kappa shape index (κ3) is 4.81. The Morgan fingerprint density at radius 3 is 2.62 bits per heavy atom. The molecule has 1 aromatic rings. The van der Waals surface area contributed by atoms with Gasteiger partial charge in [0.25, 0.3) is 0 Å². The normalized spacial score (nSPS) is 21.0. The van der Waals surface area contributed by atoms with Crippen molar-refractivity contribution in [1.29, 1.82) is 0 Å². The number of likely N-dealkylation sites (N-methyl/N-ethyl adjacent to an activating group) is 1. The number of nitrogens with one attached hydrogen (secondary N) is 1. The molecular formula is C16H26N4O. The summed E-state index contributed by atoms with van der Waals surface area (Å²) in [5.41, 5.74) is 4.44. The molecule has 1 fully saturated rings. The lowest BCUT2D eigenvalue weighted by molar-refractivity contribution is -0.120. The maximum Gasteiger partial charge on any atom is 0.238 e. The first-order chi connectivity index (χ1) is 10.1. The van der Waals surface area contributed by atoms with Crippen LogP contribution in [0.2, 0.25) is 0 Å². The number of benzene rings is 1. The number of amides is 1. The lowest BCUT2D eigenvalue weighted by atomic mass is 10.1. The molecule has 1 aliphatic rings. The molecule has 1 unspecified atom stereocenters. The van der Waals surface area contributed by atoms with Crippen molar-refractivity contribution in [3.05, 3.63) is 35.4 Å². The molecule has 5 heteroatoms. The van der Waals surface area contributed by atoms with E-state index in [2.05, 4.69) is 41.3 Å². The molecule has 0 aliphatic carbocycles. The molecule has 1 amide bonds. The molecule has 0 aromatic heterocycles. The minimum atomic E-state index is -0.160. The van der Waals surface area contributed by atoms with Crippen molar-refractivity contribution < 1.29 is 4.79 Å². The number of nitrogens with two attached hydrogens (primary N) is 1. The van der Waals surface area contributed by atoms with E-state index in [1.54, 1.807) is 0 Å². The molecule has 1 aliphatic heterocycles. The van der Waals surface area contributed by atoms with Gasteiger partial charge in [0.1, 0.15) is 0 Å². The van der Waals surface area contributed by atoms with E-state index < -0.39 is 0 Å². The second kappa shape index (κ2) is 7.54. The fraction of sp³-hybridized carbons (Fsp3) is 0.562. The smallest absolute Gasteiger partial charge is 0.238 e. The monoisotopic (exact) mass is 290 g/mol. The van der Waals surface area contributed by atoms with Crippen LogP contribution in [0.3, 0.4) is 0 Å². The van der Waals surface area contributed by atoms with Crippen LogP contribution in [0.15, 0.2) is 24.3 Å². The first kappa shape index (κ1) is 15.9. The lowest BCUT2D eigenvalue weighted by Gasteiger charge is -2.27. The SMILES string of the molecule is CC1CN(C)CCCN1Cc1ccc(CC(=O)NN)cc1. The highest BCUT2D eigenvalue weighted by Crippen LogP contribution is 2.14. The molecule has 1 atom stereocenters. The van der Waals surface area contributed by atoms with Crippen LogP contribution in [0.25, 0.3) is 0 Å². The highest BCUT2D eigenvalue weighted by Gasteiger charge is 2.19. The summed E-state index contributed by atoms with van der Waals surface area (Å²) in [4.78, 5) is 16.2. The molecule has 1 saturated heterocycles. The van der Waals surface area contributed by atoms with Crippen LogP contribution in [-0.4, -0.2) is 48.4 Å². The Morgan fingerprint density at radius 1 is 1.29 bits per heavy atom. The van der Waals surface area contributed by atoms with E-state index >= 15 is 0 Å². The second-order valence-corrected chi connectivity index (χ2v) is 6.00. The quantitative estimate of drug-likeness (QED) is 0.488. The van der Waals surface area contributed by atoms with Gasteiger partial charge in [0.15, 0.2) is 0 Å². The third-order valence-corrected chi connectivity index (χ3v) is 4.12. The largest absolute Gasteiger partial charge is 0.305 e. The van der Waals surface area contributed by atoms with Crippen LogP contribution in [0.1, 0.15) is 24.5 Å². The number of nitrogens with zero attached hydrogens (tertiary/aromatic N) is 2. The molecule has 1 heterocycles. The Kier molecular flexibility index (Phi) is 5.73. The molecule has 0 bridgehead atoms. The highest BCUT2D eigenvalue weighted by atomic mass is 16.2. The minimum Gasteiger partial charge on any atom is -0.305 e. The molecule has 1 aromatic carbocycles. The van der Waals surface area contributed by atoms with Crippen LogP contribution in [-0.2, 0) is 17.8 Å². The summed E-state index contributed by atoms with van der Waals surface area (Å²) >= 11 is 0. The van der Waals surface area contributed by atoms with Gasteiger partial charge in [-0.05, 0) is 38.1 Å². The van der Waals surface area contributed by atoms with E-state index in [0.717, 1.165) is 25.2 Å². The van der Waals surface area contributed by atoms with Gasteiger partial charge in [-0.15, -0.1) is 0 Å². The topological polar surface area (TPSA) is 61.6 Å². The fourth-order valence-corrected chi connectivity index (χ4v) is 2.89. The van der Waals surface area contributed by atoms with Crippen molar-refractivity contribution in [2.24, 2.45) is 5.84 Å². The summed E-state index contributed by atoms with van der Waals surface area (Å²) in [5.74, 6) is 4.94. The summed E-state index contributed by atoms with van der Waals surface area (Å²) in [6.45, 7) is 6.70. The summed E-state index contributed by atoms with van der Waals surface area (Å²) in [6.07, 6.45) is 1.55. The van der Waals surface area contributed by atoms with Crippen molar-refractivity contribution in [2.75, 3.05) is 26.7 Å². The van der Waals surface area contributed by atoms with Crippen molar-refractivity contribution >= 4 is 5.91 Å². The lowest BCUT2D eigenvalue weighted by Crippen LogP contribution is -2.37. The molecule has 116 valence electrons. The van der Waals surface area contributed by atoms with Gasteiger partial charge in [0.05, 0.1) is 6.42 Å². The maximum absolute atomic E-state index is 11.2. The van der Waals surface area contributed by atoms with Gasteiger partial charge in [-0.2, -0.15) is 0 Å². The summed E-state index contributed by atoms with van der Waals surface area (Å²) in [5, 5.41) is 0. The van der Waals surface area contributed by atoms with E-state index in [1.807, 2.05) is 12.1 Å². The summed E-state index contributed by atoms with van der Waals surface area (Å²) < 4.78 is 0. The molecule has 0 saturated carbocycles. The van der Waals surface area contributed by atoms with Crippen molar-refractivity contribution in [2.45, 2.75) is 32.4 Å². The number of carbonyl (C=O) groups is 1. The Labute approximate surface area is 127 Å². The zero-order valence-corrected chi connectivity index (χ0v) is 13.0. The highest BCUT2D eigenvalue weighted by molar-refractivity contribution is 5.77. The predicted octanol–water partition coefficient (Wildman–Crippen LogP) is 0.745. The number of hydrazine groups is 1. The Morgan fingerprint density at radius 2 is 1.95 bits per heavy atom. The van der Waals surface area contributed by atoms with Crippen LogP contribution >= 0.6 is 0 Å². The summed E-state index contributed by atoms with van der Waals surface area (Å²) in [7, 11) is 2.19. The van der Waals surface area contributed by atoms with Gasteiger partial charge in [0, 0.05) is 25.7 Å². The molecular weight excluding hydrogens is 264 g/mol. The fourth-order valence-electron chi connectivity index (χ4n) is 2.89. The van der Waals surface area contributed by atoms with Gasteiger partial charge in [-0.25, -0.2) is 5.84 Å². The molecule has 0 spiro atoms.